The van der Waals surface area contributed by atoms with Crippen LogP contribution >= 0.6 is 0 Å². The number of hydrogen-bond acceptors (Lipinski definition) is 3. The van der Waals surface area contributed by atoms with Gasteiger partial charge in [0, 0.05) is 6.54 Å². The average molecular weight is 424 g/mol. The zero-order valence-corrected chi connectivity index (χ0v) is 18.0. The van der Waals surface area contributed by atoms with E-state index in [4.69, 9.17) is 9.47 Å². The van der Waals surface area contributed by atoms with Crippen molar-refractivity contribution in [2.75, 3.05) is 7.11 Å². The molecule has 0 radical (unpaired) electrons. The molecule has 4 heteroatoms. The third-order valence-corrected chi connectivity index (χ3v) is 5.18. The minimum absolute atomic E-state index is 0.148. The van der Waals surface area contributed by atoms with E-state index in [1.165, 1.54) is 0 Å². The molecule has 1 N–H and O–H groups in total. The fourth-order valence-electron chi connectivity index (χ4n) is 3.44. The van der Waals surface area contributed by atoms with Gasteiger partial charge in [0.25, 0.3) is 5.91 Å². The van der Waals surface area contributed by atoms with E-state index < -0.39 is 0 Å². The van der Waals surface area contributed by atoms with Gasteiger partial charge in [-0.3, -0.25) is 4.79 Å². The van der Waals surface area contributed by atoms with Gasteiger partial charge in [-0.1, -0.05) is 72.8 Å². The molecule has 4 nitrogen and oxygen atoms in total. The van der Waals surface area contributed by atoms with Crippen LogP contribution in [0.1, 0.15) is 21.5 Å². The van der Waals surface area contributed by atoms with Gasteiger partial charge in [-0.05, 0) is 52.6 Å². The van der Waals surface area contributed by atoms with Crippen molar-refractivity contribution < 1.29 is 14.3 Å². The van der Waals surface area contributed by atoms with E-state index in [0.717, 1.165) is 28.0 Å². The Morgan fingerprint density at radius 3 is 2.03 bits per heavy atom. The smallest absolute Gasteiger partial charge is 0.252 e. The van der Waals surface area contributed by atoms with Crippen LogP contribution < -0.4 is 14.8 Å². The van der Waals surface area contributed by atoms with Crippen LogP contribution in [0.5, 0.6) is 11.5 Å². The Balaban J connectivity index is 1.59. The van der Waals surface area contributed by atoms with E-state index in [9.17, 15) is 4.79 Å². The van der Waals surface area contributed by atoms with Crippen molar-refractivity contribution in [2.45, 2.75) is 13.2 Å². The van der Waals surface area contributed by atoms with Gasteiger partial charge in [-0.15, -0.1) is 0 Å². The molecule has 0 aromatic heterocycles. The van der Waals surface area contributed by atoms with Crippen molar-refractivity contribution in [3.8, 4) is 22.6 Å². The van der Waals surface area contributed by atoms with Crippen LogP contribution in [0.4, 0.5) is 0 Å². The van der Waals surface area contributed by atoms with Crippen LogP contribution in [0.15, 0.2) is 103 Å². The lowest BCUT2D eigenvalue weighted by Crippen LogP contribution is -2.23. The summed E-state index contributed by atoms with van der Waals surface area (Å²) in [5, 5.41) is 3.03. The summed E-state index contributed by atoms with van der Waals surface area (Å²) in [6, 6.07) is 33.1. The Morgan fingerprint density at radius 1 is 0.750 bits per heavy atom. The summed E-state index contributed by atoms with van der Waals surface area (Å²) >= 11 is 0. The Hall–Kier alpha value is -4.05. The number of carbonyl (C=O) groups excluding carboxylic acids is 1. The van der Waals surface area contributed by atoms with Gasteiger partial charge in [-0.25, -0.2) is 0 Å². The number of rotatable bonds is 8. The number of nitrogens with one attached hydrogen (secondary N) is 1. The van der Waals surface area contributed by atoms with Crippen molar-refractivity contribution in [3.63, 3.8) is 0 Å². The SMILES string of the molecule is COc1ccc(-c2ccc(OCc3ccccc3)cc2C(=O)NCc2ccccc2)cc1. The fourth-order valence-corrected chi connectivity index (χ4v) is 3.44. The number of methoxy groups -OCH3 is 1. The van der Waals surface area contributed by atoms with Crippen LogP contribution in [-0.4, -0.2) is 13.0 Å². The van der Waals surface area contributed by atoms with E-state index in [0.29, 0.717) is 24.5 Å². The normalized spacial score (nSPS) is 10.4. The summed E-state index contributed by atoms with van der Waals surface area (Å²) in [6.45, 7) is 0.893. The van der Waals surface area contributed by atoms with Crippen LogP contribution in [-0.2, 0) is 13.2 Å². The van der Waals surface area contributed by atoms with Crippen molar-refractivity contribution in [3.05, 3.63) is 120 Å². The predicted octanol–water partition coefficient (Wildman–Crippen LogP) is 5.87. The first-order valence-corrected chi connectivity index (χ1v) is 10.5. The van der Waals surface area contributed by atoms with E-state index >= 15 is 0 Å². The zero-order valence-electron chi connectivity index (χ0n) is 18.0. The van der Waals surface area contributed by atoms with Gasteiger partial charge in [0.05, 0.1) is 12.7 Å². The monoisotopic (exact) mass is 423 g/mol. The highest BCUT2D eigenvalue weighted by Crippen LogP contribution is 2.29. The molecule has 0 aliphatic rings. The Bertz CT molecular complexity index is 1160. The van der Waals surface area contributed by atoms with E-state index in [1.807, 2.05) is 103 Å². The van der Waals surface area contributed by atoms with Crippen LogP contribution in [0.25, 0.3) is 11.1 Å². The maximum absolute atomic E-state index is 13.2. The molecule has 0 saturated heterocycles. The van der Waals surface area contributed by atoms with E-state index in [2.05, 4.69) is 5.32 Å². The molecule has 160 valence electrons. The fraction of sp³-hybridized carbons (Fsp3) is 0.107. The molecular formula is C28H25NO3. The highest BCUT2D eigenvalue weighted by Gasteiger charge is 2.15. The van der Waals surface area contributed by atoms with Gasteiger partial charge < -0.3 is 14.8 Å². The third-order valence-electron chi connectivity index (χ3n) is 5.18. The quantitative estimate of drug-likeness (QED) is 0.385. The van der Waals surface area contributed by atoms with Gasteiger partial charge >= 0.3 is 0 Å². The van der Waals surface area contributed by atoms with Crippen molar-refractivity contribution >= 4 is 5.91 Å². The molecule has 0 spiro atoms. The number of hydrogen-bond donors (Lipinski definition) is 1. The Morgan fingerprint density at radius 2 is 1.38 bits per heavy atom. The molecule has 4 rings (SSSR count). The standard InChI is InChI=1S/C28H25NO3/c1-31-24-14-12-23(13-15-24)26-17-16-25(32-20-22-10-6-3-7-11-22)18-27(26)28(30)29-19-21-8-4-2-5-9-21/h2-18H,19-20H2,1H3,(H,29,30). The molecule has 0 atom stereocenters. The summed E-state index contributed by atoms with van der Waals surface area (Å²) in [6.07, 6.45) is 0. The summed E-state index contributed by atoms with van der Waals surface area (Å²) in [5.74, 6) is 1.27. The minimum Gasteiger partial charge on any atom is -0.497 e. The Labute approximate surface area is 188 Å². The predicted molar refractivity (Wildman–Crippen MR) is 127 cm³/mol. The maximum atomic E-state index is 13.2. The molecule has 4 aromatic carbocycles. The lowest BCUT2D eigenvalue weighted by Gasteiger charge is -2.14. The number of ether oxygens (including phenoxy) is 2. The molecule has 32 heavy (non-hydrogen) atoms. The van der Waals surface area contributed by atoms with Crippen LogP contribution in [0, 0.1) is 0 Å². The summed E-state index contributed by atoms with van der Waals surface area (Å²) in [5.41, 5.74) is 4.46. The molecule has 0 fully saturated rings. The van der Waals surface area contributed by atoms with E-state index in [-0.39, 0.29) is 5.91 Å². The molecule has 0 aliphatic heterocycles. The van der Waals surface area contributed by atoms with Crippen molar-refractivity contribution in [2.24, 2.45) is 0 Å². The second-order valence-corrected chi connectivity index (χ2v) is 7.38. The summed E-state index contributed by atoms with van der Waals surface area (Å²) in [4.78, 5) is 13.2. The van der Waals surface area contributed by atoms with Gasteiger partial charge in [-0.2, -0.15) is 0 Å². The molecule has 1 amide bonds. The molecule has 0 aliphatic carbocycles. The second kappa shape index (κ2) is 10.3. The maximum Gasteiger partial charge on any atom is 0.252 e. The van der Waals surface area contributed by atoms with Gasteiger partial charge in [0.2, 0.25) is 0 Å². The first-order chi connectivity index (χ1) is 15.7. The highest BCUT2D eigenvalue weighted by atomic mass is 16.5. The lowest BCUT2D eigenvalue weighted by atomic mass is 9.98. The highest BCUT2D eigenvalue weighted by molar-refractivity contribution is 6.01. The largest absolute Gasteiger partial charge is 0.497 e. The second-order valence-electron chi connectivity index (χ2n) is 7.38. The van der Waals surface area contributed by atoms with E-state index in [1.54, 1.807) is 7.11 Å². The molecule has 4 aromatic rings. The topological polar surface area (TPSA) is 47.6 Å². The molecule has 0 unspecified atom stereocenters. The first-order valence-electron chi connectivity index (χ1n) is 10.5. The molecule has 0 bridgehead atoms. The van der Waals surface area contributed by atoms with Crippen LogP contribution in [0.2, 0.25) is 0 Å². The van der Waals surface area contributed by atoms with Gasteiger partial charge in [0.1, 0.15) is 18.1 Å². The van der Waals surface area contributed by atoms with Crippen molar-refractivity contribution in [1.82, 2.24) is 5.32 Å². The number of carbonyl (C=O) groups is 1. The van der Waals surface area contributed by atoms with Crippen LogP contribution in [0.3, 0.4) is 0 Å². The molecule has 0 heterocycles. The number of benzene rings is 4. The van der Waals surface area contributed by atoms with Gasteiger partial charge in [0.15, 0.2) is 0 Å². The van der Waals surface area contributed by atoms with Crippen molar-refractivity contribution in [1.29, 1.82) is 0 Å². The number of amides is 1. The third kappa shape index (κ3) is 5.35. The molecule has 0 saturated carbocycles. The summed E-state index contributed by atoms with van der Waals surface area (Å²) in [7, 11) is 1.64. The Kier molecular flexibility index (Phi) is 6.83. The average Bonchev–Trinajstić information content (AvgIpc) is 2.87. The lowest BCUT2D eigenvalue weighted by molar-refractivity contribution is 0.0951. The zero-order chi connectivity index (χ0) is 22.2. The minimum atomic E-state index is -0.148. The molecular weight excluding hydrogens is 398 g/mol. The first kappa shape index (κ1) is 21.2. The summed E-state index contributed by atoms with van der Waals surface area (Å²) < 4.78 is 11.2.